The summed E-state index contributed by atoms with van der Waals surface area (Å²) < 4.78 is 6.14. The Morgan fingerprint density at radius 2 is 1.84 bits per heavy atom. The molecule has 0 amide bonds. The lowest BCUT2D eigenvalue weighted by Gasteiger charge is -2.37. The summed E-state index contributed by atoms with van der Waals surface area (Å²) in [5.41, 5.74) is 3.97. The molecule has 4 rings (SSSR count). The predicted molar refractivity (Wildman–Crippen MR) is 105 cm³/mol. The van der Waals surface area contributed by atoms with Gasteiger partial charge in [0, 0.05) is 11.2 Å². The summed E-state index contributed by atoms with van der Waals surface area (Å²) in [5, 5.41) is 6.16. The quantitative estimate of drug-likeness (QED) is 0.624. The third kappa shape index (κ3) is 3.21. The molecule has 128 valence electrons. The van der Waals surface area contributed by atoms with Crippen LogP contribution in [0.3, 0.4) is 0 Å². The molecule has 1 N–H and O–H groups in total. The van der Waals surface area contributed by atoms with Gasteiger partial charge in [0.1, 0.15) is 12.4 Å². The lowest BCUT2D eigenvalue weighted by Crippen LogP contribution is -2.36. The van der Waals surface area contributed by atoms with E-state index < -0.39 is 0 Å². The van der Waals surface area contributed by atoms with E-state index >= 15 is 0 Å². The molecule has 0 bridgehead atoms. The van der Waals surface area contributed by atoms with Crippen LogP contribution in [0.2, 0.25) is 0 Å². The molecule has 1 aliphatic rings. The number of hydrogen-bond donors (Lipinski definition) is 1. The van der Waals surface area contributed by atoms with Crippen LogP contribution in [-0.2, 0) is 6.61 Å². The first-order chi connectivity index (χ1) is 12.0. The maximum atomic E-state index is 6.14. The smallest absolute Gasteiger partial charge is 0.120 e. The first-order valence-electron chi connectivity index (χ1n) is 9.03. The van der Waals surface area contributed by atoms with Crippen molar-refractivity contribution >= 4 is 16.5 Å². The molecule has 0 unspecified atom stereocenters. The number of rotatable bonds is 3. The lowest BCUT2D eigenvalue weighted by atomic mass is 9.82. The van der Waals surface area contributed by atoms with Crippen LogP contribution in [0, 0.1) is 0 Å². The van der Waals surface area contributed by atoms with E-state index in [1.165, 1.54) is 27.6 Å². The first kappa shape index (κ1) is 16.0. The van der Waals surface area contributed by atoms with E-state index in [2.05, 4.69) is 86.8 Å². The SMILES string of the molecule is C[C@@H]1CC(C)(C)Nc2ccc(OCc3cccc4ccccc34)cc21. The molecule has 0 spiro atoms. The number of nitrogens with one attached hydrogen (secondary N) is 1. The van der Waals surface area contributed by atoms with E-state index in [1.54, 1.807) is 0 Å². The third-order valence-electron chi connectivity index (χ3n) is 5.12. The van der Waals surface area contributed by atoms with Crippen molar-refractivity contribution < 1.29 is 4.74 Å². The van der Waals surface area contributed by atoms with Gasteiger partial charge in [-0.25, -0.2) is 0 Å². The second kappa shape index (κ2) is 6.11. The van der Waals surface area contributed by atoms with Gasteiger partial charge >= 0.3 is 0 Å². The largest absolute Gasteiger partial charge is 0.489 e. The van der Waals surface area contributed by atoms with Gasteiger partial charge in [0.05, 0.1) is 0 Å². The number of benzene rings is 3. The summed E-state index contributed by atoms with van der Waals surface area (Å²) in [6.45, 7) is 7.41. The number of fused-ring (bicyclic) bond motifs is 2. The minimum atomic E-state index is 0.151. The summed E-state index contributed by atoms with van der Waals surface area (Å²) in [6, 6.07) is 21.3. The Kier molecular flexibility index (Phi) is 3.91. The molecule has 2 heteroatoms. The highest BCUT2D eigenvalue weighted by molar-refractivity contribution is 5.85. The second-order valence-electron chi connectivity index (χ2n) is 7.79. The zero-order valence-corrected chi connectivity index (χ0v) is 15.2. The van der Waals surface area contributed by atoms with Gasteiger partial charge in [0.2, 0.25) is 0 Å². The van der Waals surface area contributed by atoms with Crippen molar-refractivity contribution in [2.24, 2.45) is 0 Å². The van der Waals surface area contributed by atoms with E-state index in [4.69, 9.17) is 4.74 Å². The predicted octanol–water partition coefficient (Wildman–Crippen LogP) is 6.12. The molecule has 0 saturated heterocycles. The van der Waals surface area contributed by atoms with Gasteiger partial charge in [-0.2, -0.15) is 0 Å². The molecule has 1 atom stereocenters. The van der Waals surface area contributed by atoms with Gasteiger partial charge in [-0.3, -0.25) is 0 Å². The Labute approximate surface area is 149 Å². The zero-order valence-electron chi connectivity index (χ0n) is 15.2. The van der Waals surface area contributed by atoms with E-state index in [0.717, 1.165) is 12.2 Å². The van der Waals surface area contributed by atoms with Crippen LogP contribution in [0.25, 0.3) is 10.8 Å². The van der Waals surface area contributed by atoms with Crippen LogP contribution >= 0.6 is 0 Å². The second-order valence-corrected chi connectivity index (χ2v) is 7.79. The lowest BCUT2D eigenvalue weighted by molar-refractivity contribution is 0.307. The van der Waals surface area contributed by atoms with Crippen LogP contribution in [0.15, 0.2) is 60.7 Å². The van der Waals surface area contributed by atoms with Crippen molar-refractivity contribution in [3.05, 3.63) is 71.8 Å². The van der Waals surface area contributed by atoms with Crippen molar-refractivity contribution in [1.82, 2.24) is 0 Å². The normalized spacial score (nSPS) is 18.4. The Morgan fingerprint density at radius 1 is 1.04 bits per heavy atom. The Hall–Kier alpha value is -2.48. The van der Waals surface area contributed by atoms with Gasteiger partial charge in [-0.05, 0) is 66.3 Å². The van der Waals surface area contributed by atoms with Gasteiger partial charge in [0.15, 0.2) is 0 Å². The van der Waals surface area contributed by atoms with Crippen LogP contribution in [-0.4, -0.2) is 5.54 Å². The standard InChI is InChI=1S/C23H25NO/c1-16-14-23(2,3)24-22-12-11-19(13-21(16)22)25-15-18-9-6-8-17-7-4-5-10-20(17)18/h4-13,16,24H,14-15H2,1-3H3/t16-/m1/s1. The van der Waals surface area contributed by atoms with Gasteiger partial charge in [-0.1, -0.05) is 49.4 Å². The maximum Gasteiger partial charge on any atom is 0.120 e. The third-order valence-corrected chi connectivity index (χ3v) is 5.12. The number of hydrogen-bond acceptors (Lipinski definition) is 2. The average molecular weight is 331 g/mol. The monoisotopic (exact) mass is 331 g/mol. The highest BCUT2D eigenvalue weighted by atomic mass is 16.5. The van der Waals surface area contributed by atoms with E-state index in [1.807, 2.05) is 0 Å². The molecule has 0 fully saturated rings. The van der Waals surface area contributed by atoms with Gasteiger partial charge < -0.3 is 10.1 Å². The van der Waals surface area contributed by atoms with Crippen molar-refractivity contribution in [2.75, 3.05) is 5.32 Å². The fourth-order valence-electron chi connectivity index (χ4n) is 4.02. The maximum absolute atomic E-state index is 6.14. The van der Waals surface area contributed by atoms with Crippen LogP contribution in [0.4, 0.5) is 5.69 Å². The van der Waals surface area contributed by atoms with E-state index in [9.17, 15) is 0 Å². The molecule has 3 aromatic carbocycles. The zero-order chi connectivity index (χ0) is 17.4. The van der Waals surface area contributed by atoms with Crippen molar-refractivity contribution in [1.29, 1.82) is 0 Å². The van der Waals surface area contributed by atoms with Crippen LogP contribution in [0.1, 0.15) is 44.2 Å². The average Bonchev–Trinajstić information content (AvgIpc) is 2.59. The van der Waals surface area contributed by atoms with Gasteiger partial charge in [-0.15, -0.1) is 0 Å². The molecule has 2 nitrogen and oxygen atoms in total. The topological polar surface area (TPSA) is 21.3 Å². The molecule has 0 aromatic heterocycles. The number of anilines is 1. The fourth-order valence-corrected chi connectivity index (χ4v) is 4.02. The molecule has 0 radical (unpaired) electrons. The molecule has 3 aromatic rings. The molecular weight excluding hydrogens is 306 g/mol. The van der Waals surface area contributed by atoms with Crippen molar-refractivity contribution in [3.8, 4) is 5.75 Å². The highest BCUT2D eigenvalue weighted by Crippen LogP contribution is 2.40. The highest BCUT2D eigenvalue weighted by Gasteiger charge is 2.29. The number of ether oxygens (including phenoxy) is 1. The van der Waals surface area contributed by atoms with E-state index in [-0.39, 0.29) is 5.54 Å². The molecule has 0 saturated carbocycles. The Bertz CT molecular complexity index is 908. The van der Waals surface area contributed by atoms with Crippen molar-refractivity contribution in [3.63, 3.8) is 0 Å². The minimum Gasteiger partial charge on any atom is -0.489 e. The molecule has 0 aliphatic carbocycles. The van der Waals surface area contributed by atoms with Crippen LogP contribution < -0.4 is 10.1 Å². The molecular formula is C23H25NO. The van der Waals surface area contributed by atoms with Gasteiger partial charge in [0.25, 0.3) is 0 Å². The summed E-state index contributed by atoms with van der Waals surface area (Å²) in [7, 11) is 0. The first-order valence-corrected chi connectivity index (χ1v) is 9.03. The summed E-state index contributed by atoms with van der Waals surface area (Å²) in [5.74, 6) is 1.48. The summed E-state index contributed by atoms with van der Waals surface area (Å²) >= 11 is 0. The van der Waals surface area contributed by atoms with E-state index in [0.29, 0.717) is 12.5 Å². The fraction of sp³-hybridized carbons (Fsp3) is 0.304. The Balaban J connectivity index is 1.57. The summed E-state index contributed by atoms with van der Waals surface area (Å²) in [4.78, 5) is 0. The Morgan fingerprint density at radius 3 is 2.72 bits per heavy atom. The minimum absolute atomic E-state index is 0.151. The summed E-state index contributed by atoms with van der Waals surface area (Å²) in [6.07, 6.45) is 1.13. The molecule has 1 aliphatic heterocycles. The molecule has 1 heterocycles. The molecule has 25 heavy (non-hydrogen) atoms. The van der Waals surface area contributed by atoms with Crippen molar-refractivity contribution in [2.45, 2.75) is 45.3 Å². The van der Waals surface area contributed by atoms with Crippen LogP contribution in [0.5, 0.6) is 5.75 Å².